The summed E-state index contributed by atoms with van der Waals surface area (Å²) in [7, 11) is -0.318. The monoisotopic (exact) mass is 321 g/mol. The van der Waals surface area contributed by atoms with Crippen LogP contribution in [0.5, 0.6) is 11.5 Å². The Morgan fingerprint density at radius 3 is 2.36 bits per heavy atom. The van der Waals surface area contributed by atoms with Crippen molar-refractivity contribution in [3.8, 4) is 11.5 Å². The largest absolute Gasteiger partial charge is 0.497 e. The Morgan fingerprint density at radius 1 is 1.00 bits per heavy atom. The average Bonchev–Trinajstić information content (AvgIpc) is 2.55. The Morgan fingerprint density at radius 2 is 1.73 bits per heavy atom. The van der Waals surface area contributed by atoms with Gasteiger partial charge in [-0.05, 0) is 42.3 Å². The van der Waals surface area contributed by atoms with E-state index in [9.17, 15) is 8.42 Å². The Hall–Kier alpha value is -2.05. The number of hydrogen-bond acceptors (Lipinski definition) is 4. The third kappa shape index (κ3) is 3.99. The van der Waals surface area contributed by atoms with Gasteiger partial charge in [0.25, 0.3) is 0 Å². The van der Waals surface area contributed by atoms with Crippen LogP contribution in [-0.2, 0) is 16.4 Å². The highest BCUT2D eigenvalue weighted by Gasteiger charge is 2.13. The number of benzene rings is 2. The first kappa shape index (κ1) is 16.3. The van der Waals surface area contributed by atoms with E-state index in [2.05, 4.69) is 4.72 Å². The Bertz CT molecular complexity index is 714. The molecule has 2 aromatic rings. The summed E-state index contributed by atoms with van der Waals surface area (Å²) < 4.78 is 37.3. The number of hydrogen-bond donors (Lipinski definition) is 1. The zero-order valence-electron chi connectivity index (χ0n) is 12.6. The summed E-state index contributed by atoms with van der Waals surface area (Å²) in [5, 5.41) is 0. The second-order valence-corrected chi connectivity index (χ2v) is 6.41. The molecule has 1 N–H and O–H groups in total. The van der Waals surface area contributed by atoms with Crippen LogP contribution >= 0.6 is 0 Å². The Kier molecular flexibility index (Phi) is 5.41. The van der Waals surface area contributed by atoms with Gasteiger partial charge in [0, 0.05) is 6.54 Å². The first-order chi connectivity index (χ1) is 10.6. The van der Waals surface area contributed by atoms with Gasteiger partial charge in [-0.1, -0.05) is 18.2 Å². The average molecular weight is 321 g/mol. The molecule has 0 saturated heterocycles. The number of nitrogens with one attached hydrogen (secondary N) is 1. The molecule has 6 heteroatoms. The van der Waals surface area contributed by atoms with Crippen molar-refractivity contribution in [2.24, 2.45) is 0 Å². The second-order valence-electron chi connectivity index (χ2n) is 4.64. The van der Waals surface area contributed by atoms with Gasteiger partial charge in [0.1, 0.15) is 11.5 Å². The molecule has 0 aromatic heterocycles. The minimum absolute atomic E-state index is 0.257. The van der Waals surface area contributed by atoms with Crippen molar-refractivity contribution in [3.05, 3.63) is 54.1 Å². The van der Waals surface area contributed by atoms with E-state index in [-0.39, 0.29) is 11.4 Å². The van der Waals surface area contributed by atoms with Crippen molar-refractivity contribution < 1.29 is 17.9 Å². The lowest BCUT2D eigenvalue weighted by Crippen LogP contribution is -2.26. The molecule has 2 rings (SSSR count). The van der Waals surface area contributed by atoms with Gasteiger partial charge in [-0.25, -0.2) is 13.1 Å². The van der Waals surface area contributed by atoms with E-state index in [1.54, 1.807) is 56.7 Å². The predicted molar refractivity (Wildman–Crippen MR) is 84.9 cm³/mol. The first-order valence-electron chi connectivity index (χ1n) is 6.82. The highest BCUT2D eigenvalue weighted by molar-refractivity contribution is 7.89. The molecule has 118 valence electrons. The molecule has 0 bridgehead atoms. The Labute approximate surface area is 130 Å². The molecule has 5 nitrogen and oxygen atoms in total. The molecule has 0 aliphatic heterocycles. The van der Waals surface area contributed by atoms with E-state index in [0.717, 1.165) is 5.56 Å². The fourth-order valence-corrected chi connectivity index (χ4v) is 3.13. The van der Waals surface area contributed by atoms with E-state index < -0.39 is 10.0 Å². The zero-order valence-corrected chi connectivity index (χ0v) is 13.4. The van der Waals surface area contributed by atoms with Crippen LogP contribution in [0.1, 0.15) is 5.56 Å². The summed E-state index contributed by atoms with van der Waals surface area (Å²) in [5.41, 5.74) is 0.887. The van der Waals surface area contributed by atoms with Crippen molar-refractivity contribution in [2.75, 3.05) is 20.8 Å². The van der Waals surface area contributed by atoms with Crippen molar-refractivity contribution >= 4 is 10.0 Å². The summed E-state index contributed by atoms with van der Waals surface area (Å²) in [6.07, 6.45) is 0.506. The van der Waals surface area contributed by atoms with Gasteiger partial charge in [0.2, 0.25) is 10.0 Å². The van der Waals surface area contributed by atoms with Crippen LogP contribution in [-0.4, -0.2) is 29.2 Å². The van der Waals surface area contributed by atoms with E-state index in [1.807, 2.05) is 6.07 Å². The maximum Gasteiger partial charge on any atom is 0.240 e. The minimum Gasteiger partial charge on any atom is -0.497 e. The third-order valence-corrected chi connectivity index (χ3v) is 4.70. The van der Waals surface area contributed by atoms with Crippen LogP contribution in [0.25, 0.3) is 0 Å². The van der Waals surface area contributed by atoms with Crippen molar-refractivity contribution in [1.29, 1.82) is 0 Å². The molecule has 0 unspecified atom stereocenters. The van der Waals surface area contributed by atoms with Crippen LogP contribution in [0.3, 0.4) is 0 Å². The van der Waals surface area contributed by atoms with E-state index in [4.69, 9.17) is 9.47 Å². The minimum atomic E-state index is -3.49. The quantitative estimate of drug-likeness (QED) is 0.849. The zero-order chi connectivity index (χ0) is 16.0. The molecule has 0 fully saturated rings. The molecule has 0 aliphatic carbocycles. The van der Waals surface area contributed by atoms with Crippen LogP contribution in [0.2, 0.25) is 0 Å². The van der Waals surface area contributed by atoms with Gasteiger partial charge in [-0.15, -0.1) is 0 Å². The number of methoxy groups -OCH3 is 2. The van der Waals surface area contributed by atoms with Crippen LogP contribution in [0.15, 0.2) is 53.4 Å². The van der Waals surface area contributed by atoms with Crippen LogP contribution < -0.4 is 14.2 Å². The Balaban J connectivity index is 2.05. The molecular formula is C16H19NO4S. The molecule has 22 heavy (non-hydrogen) atoms. The maximum absolute atomic E-state index is 12.1. The summed E-state index contributed by atoms with van der Waals surface area (Å²) >= 11 is 0. The van der Waals surface area contributed by atoms with Crippen molar-refractivity contribution in [3.63, 3.8) is 0 Å². The number of rotatable bonds is 7. The lowest BCUT2D eigenvalue weighted by molar-refractivity contribution is 0.398. The van der Waals surface area contributed by atoms with Gasteiger partial charge in [-0.2, -0.15) is 0 Å². The maximum atomic E-state index is 12.1. The van der Waals surface area contributed by atoms with Crippen LogP contribution in [0.4, 0.5) is 0 Å². The fourth-order valence-electron chi connectivity index (χ4n) is 2.08. The highest BCUT2D eigenvalue weighted by Crippen LogP contribution is 2.24. The lowest BCUT2D eigenvalue weighted by Gasteiger charge is -2.11. The van der Waals surface area contributed by atoms with Gasteiger partial charge >= 0.3 is 0 Å². The number of sulfonamides is 1. The molecule has 0 radical (unpaired) electrons. The predicted octanol–water partition coefficient (Wildman–Crippen LogP) is 2.22. The molecule has 0 spiro atoms. The number of ether oxygens (including phenoxy) is 2. The second kappa shape index (κ2) is 7.29. The highest BCUT2D eigenvalue weighted by atomic mass is 32.2. The SMILES string of the molecule is COc1ccc(OC)c(CCNS(=O)(=O)c2ccccc2)c1. The third-order valence-electron chi connectivity index (χ3n) is 3.23. The van der Waals surface area contributed by atoms with Crippen molar-refractivity contribution in [2.45, 2.75) is 11.3 Å². The smallest absolute Gasteiger partial charge is 0.240 e. The lowest BCUT2D eigenvalue weighted by atomic mass is 10.1. The molecule has 0 aliphatic rings. The summed E-state index contributed by atoms with van der Waals surface area (Å²) in [6, 6.07) is 13.7. The molecule has 0 saturated carbocycles. The molecule has 0 heterocycles. The van der Waals surface area contributed by atoms with E-state index in [0.29, 0.717) is 17.9 Å². The molecular weight excluding hydrogens is 302 g/mol. The van der Waals surface area contributed by atoms with E-state index >= 15 is 0 Å². The summed E-state index contributed by atoms with van der Waals surface area (Å²) in [5.74, 6) is 1.42. The topological polar surface area (TPSA) is 64.6 Å². The summed E-state index contributed by atoms with van der Waals surface area (Å²) in [4.78, 5) is 0.257. The van der Waals surface area contributed by atoms with Crippen molar-refractivity contribution in [1.82, 2.24) is 4.72 Å². The van der Waals surface area contributed by atoms with Gasteiger partial charge < -0.3 is 9.47 Å². The standard InChI is InChI=1S/C16H19NO4S/c1-20-14-8-9-16(21-2)13(12-14)10-11-17-22(18,19)15-6-4-3-5-7-15/h3-9,12,17H,10-11H2,1-2H3. The molecule has 0 amide bonds. The van der Waals surface area contributed by atoms with Gasteiger partial charge in [-0.3, -0.25) is 0 Å². The van der Waals surface area contributed by atoms with Gasteiger partial charge in [0.05, 0.1) is 19.1 Å². The molecule has 2 aromatic carbocycles. The van der Waals surface area contributed by atoms with Gasteiger partial charge in [0.15, 0.2) is 0 Å². The first-order valence-corrected chi connectivity index (χ1v) is 8.31. The molecule has 0 atom stereocenters. The summed E-state index contributed by atoms with van der Waals surface area (Å²) in [6.45, 7) is 0.279. The van der Waals surface area contributed by atoms with Crippen LogP contribution in [0, 0.1) is 0 Å². The normalized spacial score (nSPS) is 11.2. The van der Waals surface area contributed by atoms with E-state index in [1.165, 1.54) is 0 Å². The fraction of sp³-hybridized carbons (Fsp3) is 0.250.